The fraction of sp³-hybridized carbons (Fsp3) is 0.375. The summed E-state index contributed by atoms with van der Waals surface area (Å²) in [5.74, 6) is 0.681. The Kier molecular flexibility index (Phi) is 4.20. The maximum Gasteiger partial charge on any atom is 0.0646 e. The normalized spacial score (nSPS) is 12.9. The minimum Gasteiger partial charge on any atom is -0.320 e. The van der Waals surface area contributed by atoms with E-state index >= 15 is 0 Å². The van der Waals surface area contributed by atoms with E-state index in [9.17, 15) is 0 Å². The first-order valence-corrected chi connectivity index (χ1v) is 7.28. The monoisotopic (exact) mass is 259 g/mol. The summed E-state index contributed by atoms with van der Waals surface area (Å²) >= 11 is 1.79. The van der Waals surface area contributed by atoms with Crippen molar-refractivity contribution in [3.05, 3.63) is 57.3 Å². The van der Waals surface area contributed by atoms with Crippen molar-refractivity contribution in [3.63, 3.8) is 0 Å². The average Bonchev–Trinajstić information content (AvgIpc) is 2.74. The molecule has 2 aromatic rings. The third kappa shape index (κ3) is 3.21. The van der Waals surface area contributed by atoms with Crippen LogP contribution in [0.15, 0.2) is 36.4 Å². The number of nitrogens with two attached hydrogens (primary N) is 1. The van der Waals surface area contributed by atoms with E-state index in [4.69, 9.17) is 5.73 Å². The van der Waals surface area contributed by atoms with Gasteiger partial charge in [0, 0.05) is 9.75 Å². The van der Waals surface area contributed by atoms with Gasteiger partial charge in [0.2, 0.25) is 0 Å². The van der Waals surface area contributed by atoms with Gasteiger partial charge in [0.15, 0.2) is 0 Å². The zero-order chi connectivity index (χ0) is 13.1. The summed E-state index contributed by atoms with van der Waals surface area (Å²) in [7, 11) is 0. The van der Waals surface area contributed by atoms with Gasteiger partial charge in [0.05, 0.1) is 6.04 Å². The van der Waals surface area contributed by atoms with Crippen molar-refractivity contribution in [2.24, 2.45) is 11.7 Å². The van der Waals surface area contributed by atoms with Crippen molar-refractivity contribution >= 4 is 11.3 Å². The molecule has 0 fully saturated rings. The van der Waals surface area contributed by atoms with Crippen molar-refractivity contribution in [1.82, 2.24) is 0 Å². The average molecular weight is 259 g/mol. The fourth-order valence-corrected chi connectivity index (χ4v) is 3.08. The van der Waals surface area contributed by atoms with E-state index < -0.39 is 0 Å². The van der Waals surface area contributed by atoms with Gasteiger partial charge < -0.3 is 5.73 Å². The van der Waals surface area contributed by atoms with Gasteiger partial charge in [-0.1, -0.05) is 38.1 Å². The lowest BCUT2D eigenvalue weighted by Gasteiger charge is -2.12. The third-order valence-electron chi connectivity index (χ3n) is 3.02. The fourth-order valence-electron chi connectivity index (χ4n) is 2.17. The molecule has 0 spiro atoms. The molecule has 2 N–H and O–H groups in total. The summed E-state index contributed by atoms with van der Waals surface area (Å²) < 4.78 is 0. The standard InChI is InChI=1S/C16H21NS/c1-11(2)9-13-5-4-6-14(10-13)16(17)15-8-7-12(3)18-15/h4-8,10-11,16H,9,17H2,1-3H3. The molecule has 0 aliphatic rings. The number of thiophene rings is 1. The van der Waals surface area contributed by atoms with Gasteiger partial charge in [0.1, 0.15) is 0 Å². The molecule has 1 heterocycles. The molecule has 0 aliphatic carbocycles. The van der Waals surface area contributed by atoms with Gasteiger partial charge >= 0.3 is 0 Å². The van der Waals surface area contributed by atoms with Crippen LogP contribution in [0.5, 0.6) is 0 Å². The van der Waals surface area contributed by atoms with Crippen LogP contribution >= 0.6 is 11.3 Å². The molecule has 96 valence electrons. The lowest BCUT2D eigenvalue weighted by atomic mass is 9.98. The molecule has 18 heavy (non-hydrogen) atoms. The minimum absolute atomic E-state index is 0.0100. The van der Waals surface area contributed by atoms with Crippen LogP contribution in [0.3, 0.4) is 0 Å². The number of hydrogen-bond acceptors (Lipinski definition) is 2. The van der Waals surface area contributed by atoms with Crippen LogP contribution in [0.25, 0.3) is 0 Å². The van der Waals surface area contributed by atoms with E-state index in [1.54, 1.807) is 11.3 Å². The van der Waals surface area contributed by atoms with E-state index in [2.05, 4.69) is 57.2 Å². The first kappa shape index (κ1) is 13.3. The molecule has 1 aromatic heterocycles. The Labute approximate surface area is 114 Å². The van der Waals surface area contributed by atoms with E-state index in [0.29, 0.717) is 5.92 Å². The highest BCUT2D eigenvalue weighted by atomic mass is 32.1. The molecule has 2 heteroatoms. The predicted octanol–water partition coefficient (Wildman–Crippen LogP) is 4.30. The quantitative estimate of drug-likeness (QED) is 0.870. The summed E-state index contributed by atoms with van der Waals surface area (Å²) in [6.45, 7) is 6.61. The summed E-state index contributed by atoms with van der Waals surface area (Å²) in [5, 5.41) is 0. The second-order valence-electron chi connectivity index (χ2n) is 5.27. The molecule has 0 radical (unpaired) electrons. The Hall–Kier alpha value is -1.12. The SMILES string of the molecule is Cc1ccc(C(N)c2cccc(CC(C)C)c2)s1. The van der Waals surface area contributed by atoms with Crippen molar-refractivity contribution in [2.75, 3.05) is 0 Å². The van der Waals surface area contributed by atoms with Crippen LogP contribution < -0.4 is 5.73 Å². The molecular weight excluding hydrogens is 238 g/mol. The third-order valence-corrected chi connectivity index (χ3v) is 4.11. The van der Waals surface area contributed by atoms with Crippen LogP contribution in [-0.4, -0.2) is 0 Å². The second-order valence-corrected chi connectivity index (χ2v) is 6.59. The highest BCUT2D eigenvalue weighted by Crippen LogP contribution is 2.27. The largest absolute Gasteiger partial charge is 0.320 e. The van der Waals surface area contributed by atoms with E-state index in [1.807, 2.05) is 0 Å². The summed E-state index contributed by atoms with van der Waals surface area (Å²) in [5.41, 5.74) is 8.94. The molecule has 0 bridgehead atoms. The summed E-state index contributed by atoms with van der Waals surface area (Å²) in [6.07, 6.45) is 1.12. The zero-order valence-corrected chi connectivity index (χ0v) is 12.1. The van der Waals surface area contributed by atoms with Crippen LogP contribution in [-0.2, 0) is 6.42 Å². The Bertz CT molecular complexity index is 513. The van der Waals surface area contributed by atoms with Gasteiger partial charge in [-0.3, -0.25) is 0 Å². The van der Waals surface area contributed by atoms with Gasteiger partial charge in [-0.15, -0.1) is 11.3 Å². The Balaban J connectivity index is 2.22. The molecule has 1 atom stereocenters. The number of benzene rings is 1. The van der Waals surface area contributed by atoms with Gasteiger partial charge in [-0.05, 0) is 42.5 Å². The number of hydrogen-bond donors (Lipinski definition) is 1. The highest BCUT2D eigenvalue weighted by molar-refractivity contribution is 7.12. The molecule has 1 aromatic carbocycles. The van der Waals surface area contributed by atoms with Gasteiger partial charge in [0.25, 0.3) is 0 Å². The molecule has 0 saturated heterocycles. The molecular formula is C16H21NS. The summed E-state index contributed by atoms with van der Waals surface area (Å²) in [6, 6.07) is 13.0. The van der Waals surface area contributed by atoms with Crippen LogP contribution in [0.4, 0.5) is 0 Å². The molecule has 1 nitrogen and oxygen atoms in total. The smallest absolute Gasteiger partial charge is 0.0646 e. The van der Waals surface area contributed by atoms with E-state index in [0.717, 1.165) is 6.42 Å². The molecule has 0 saturated carbocycles. The van der Waals surface area contributed by atoms with Crippen LogP contribution in [0.2, 0.25) is 0 Å². The maximum absolute atomic E-state index is 6.34. The summed E-state index contributed by atoms with van der Waals surface area (Å²) in [4.78, 5) is 2.56. The molecule has 2 rings (SSSR count). The number of rotatable bonds is 4. The Morgan fingerprint density at radius 3 is 2.56 bits per heavy atom. The lowest BCUT2D eigenvalue weighted by Crippen LogP contribution is -2.10. The lowest BCUT2D eigenvalue weighted by molar-refractivity contribution is 0.646. The first-order chi connectivity index (χ1) is 8.56. The highest BCUT2D eigenvalue weighted by Gasteiger charge is 2.11. The first-order valence-electron chi connectivity index (χ1n) is 6.47. The zero-order valence-electron chi connectivity index (χ0n) is 11.3. The van der Waals surface area contributed by atoms with Crippen LogP contribution in [0, 0.1) is 12.8 Å². The molecule has 0 amide bonds. The topological polar surface area (TPSA) is 26.0 Å². The van der Waals surface area contributed by atoms with E-state index in [1.165, 1.54) is 20.9 Å². The van der Waals surface area contributed by atoms with Crippen molar-refractivity contribution in [2.45, 2.75) is 33.2 Å². The van der Waals surface area contributed by atoms with Gasteiger partial charge in [-0.2, -0.15) is 0 Å². The van der Waals surface area contributed by atoms with Crippen molar-refractivity contribution in [1.29, 1.82) is 0 Å². The van der Waals surface area contributed by atoms with Gasteiger partial charge in [-0.25, -0.2) is 0 Å². The molecule has 1 unspecified atom stereocenters. The second kappa shape index (κ2) is 5.68. The van der Waals surface area contributed by atoms with Crippen molar-refractivity contribution in [3.8, 4) is 0 Å². The Morgan fingerprint density at radius 2 is 1.94 bits per heavy atom. The predicted molar refractivity (Wildman–Crippen MR) is 80.1 cm³/mol. The Morgan fingerprint density at radius 1 is 1.17 bits per heavy atom. The maximum atomic E-state index is 6.34. The van der Waals surface area contributed by atoms with E-state index in [-0.39, 0.29) is 6.04 Å². The number of aryl methyl sites for hydroxylation is 1. The minimum atomic E-state index is 0.0100. The molecule has 0 aliphatic heterocycles. The van der Waals surface area contributed by atoms with Crippen LogP contribution in [0.1, 0.15) is 40.8 Å². The van der Waals surface area contributed by atoms with Crippen molar-refractivity contribution < 1.29 is 0 Å².